The number of carbonyl (C=O) groups excluding carboxylic acids is 1. The Morgan fingerprint density at radius 1 is 0.791 bits per heavy atom. The van der Waals surface area contributed by atoms with Gasteiger partial charge in [0, 0.05) is 18.8 Å². The molecule has 1 saturated heterocycles. The van der Waals surface area contributed by atoms with E-state index >= 15 is 0 Å². The predicted molar refractivity (Wildman–Crippen MR) is 172 cm³/mol. The van der Waals surface area contributed by atoms with Gasteiger partial charge in [0.2, 0.25) is 0 Å². The molecule has 0 aromatic heterocycles. The lowest BCUT2D eigenvalue weighted by atomic mass is 9.93. The first-order chi connectivity index (χ1) is 21.2. The van der Waals surface area contributed by atoms with Gasteiger partial charge in [-0.3, -0.25) is 9.79 Å². The summed E-state index contributed by atoms with van der Waals surface area (Å²) in [4.78, 5) is 19.6. The smallest absolute Gasteiger partial charge is 0.256 e. The Kier molecular flexibility index (Phi) is 7.42. The van der Waals surface area contributed by atoms with E-state index in [1.54, 1.807) is 13.2 Å². The molecule has 0 spiro atoms. The summed E-state index contributed by atoms with van der Waals surface area (Å²) >= 11 is 0. The SMILES string of the molecule is COc1cc2c(cc1OCCCCOc1ccc(-c3cc4ccccc4c4ccccc34)cc1)N=C[C@@H]1CCCN1C2=O. The highest BCUT2D eigenvalue weighted by molar-refractivity contribution is 6.13. The van der Waals surface area contributed by atoms with Crippen molar-refractivity contribution in [3.63, 3.8) is 0 Å². The first-order valence-corrected chi connectivity index (χ1v) is 15.0. The topological polar surface area (TPSA) is 60.4 Å². The molecular weight excluding hydrogens is 536 g/mol. The lowest BCUT2D eigenvalue weighted by molar-refractivity contribution is 0.0774. The summed E-state index contributed by atoms with van der Waals surface area (Å²) in [5.41, 5.74) is 3.60. The molecule has 5 aromatic rings. The molecule has 0 saturated carbocycles. The van der Waals surface area contributed by atoms with Crippen molar-refractivity contribution in [2.75, 3.05) is 26.9 Å². The molecule has 1 amide bonds. The average Bonchev–Trinajstić information content (AvgIpc) is 3.49. The van der Waals surface area contributed by atoms with Crippen LogP contribution in [0.15, 0.2) is 96.0 Å². The van der Waals surface area contributed by atoms with E-state index < -0.39 is 0 Å². The van der Waals surface area contributed by atoms with Crippen LogP contribution >= 0.6 is 0 Å². The number of unbranched alkanes of at least 4 members (excludes halogenated alkanes) is 1. The van der Waals surface area contributed by atoms with Crippen LogP contribution in [-0.2, 0) is 0 Å². The van der Waals surface area contributed by atoms with Crippen molar-refractivity contribution in [3.05, 3.63) is 96.6 Å². The number of hydrogen-bond donors (Lipinski definition) is 0. The molecule has 7 rings (SSSR count). The monoisotopic (exact) mass is 570 g/mol. The third-order valence-electron chi connectivity index (χ3n) is 8.46. The minimum atomic E-state index is 0.00986. The van der Waals surface area contributed by atoms with Gasteiger partial charge >= 0.3 is 0 Å². The van der Waals surface area contributed by atoms with Crippen LogP contribution in [0.3, 0.4) is 0 Å². The predicted octanol–water partition coefficient (Wildman–Crippen LogP) is 8.23. The Bertz CT molecular complexity index is 1830. The van der Waals surface area contributed by atoms with Crippen LogP contribution in [0.2, 0.25) is 0 Å². The second kappa shape index (κ2) is 11.8. The first-order valence-electron chi connectivity index (χ1n) is 15.0. The molecule has 2 aliphatic rings. The number of methoxy groups -OCH3 is 1. The van der Waals surface area contributed by atoms with Gasteiger partial charge in [-0.05, 0) is 82.6 Å². The van der Waals surface area contributed by atoms with Crippen LogP contribution in [0.1, 0.15) is 36.0 Å². The number of amides is 1. The fourth-order valence-corrected chi connectivity index (χ4v) is 6.22. The van der Waals surface area contributed by atoms with E-state index in [2.05, 4.69) is 71.7 Å². The van der Waals surface area contributed by atoms with E-state index in [9.17, 15) is 4.79 Å². The van der Waals surface area contributed by atoms with Gasteiger partial charge < -0.3 is 19.1 Å². The second-order valence-electron chi connectivity index (χ2n) is 11.1. The van der Waals surface area contributed by atoms with Gasteiger partial charge in [0.25, 0.3) is 5.91 Å². The number of hydrogen-bond acceptors (Lipinski definition) is 5. The number of aliphatic imine (C=N–C) groups is 1. The van der Waals surface area contributed by atoms with Crippen molar-refractivity contribution in [2.45, 2.75) is 31.7 Å². The Morgan fingerprint density at radius 2 is 1.53 bits per heavy atom. The minimum Gasteiger partial charge on any atom is -0.494 e. The Labute approximate surface area is 251 Å². The summed E-state index contributed by atoms with van der Waals surface area (Å²) in [5.74, 6) is 2.02. The van der Waals surface area contributed by atoms with Gasteiger partial charge in [-0.1, -0.05) is 60.7 Å². The molecule has 0 bridgehead atoms. The van der Waals surface area contributed by atoms with Gasteiger partial charge in [0.1, 0.15) is 5.75 Å². The number of nitrogens with zero attached hydrogens (tertiary/aromatic N) is 2. The Morgan fingerprint density at radius 3 is 2.35 bits per heavy atom. The van der Waals surface area contributed by atoms with E-state index in [1.807, 2.05) is 29.3 Å². The van der Waals surface area contributed by atoms with Gasteiger partial charge in [-0.25, -0.2) is 0 Å². The molecule has 2 aliphatic heterocycles. The fourth-order valence-electron chi connectivity index (χ4n) is 6.22. The van der Waals surface area contributed by atoms with Crippen molar-refractivity contribution in [2.24, 2.45) is 4.99 Å². The summed E-state index contributed by atoms with van der Waals surface area (Å²) in [6.07, 6.45) is 5.52. The number of benzene rings is 5. The maximum absolute atomic E-state index is 13.1. The summed E-state index contributed by atoms with van der Waals surface area (Å²) < 4.78 is 17.7. The van der Waals surface area contributed by atoms with Crippen LogP contribution in [0, 0.1) is 0 Å². The summed E-state index contributed by atoms with van der Waals surface area (Å²) in [7, 11) is 1.60. The number of ether oxygens (including phenoxy) is 3. The number of carbonyl (C=O) groups is 1. The molecule has 6 nitrogen and oxygen atoms in total. The molecule has 0 aliphatic carbocycles. The largest absolute Gasteiger partial charge is 0.494 e. The van der Waals surface area contributed by atoms with Crippen LogP contribution < -0.4 is 14.2 Å². The Balaban J connectivity index is 0.954. The van der Waals surface area contributed by atoms with Gasteiger partial charge in [-0.2, -0.15) is 0 Å². The standard InChI is InChI=1S/C37H34N2O4/c1-41-35-22-33-34(38-24-27-10-8-18-39(27)37(33)40)23-36(35)43-20-7-6-19-42-28-16-14-25(15-17-28)32-21-26-9-2-3-11-29(26)30-12-4-5-13-31(30)32/h2-5,9,11-17,21-24,27H,6-8,10,18-20H2,1H3/t27-/m0/s1. The third kappa shape index (κ3) is 5.29. The van der Waals surface area contributed by atoms with Gasteiger partial charge in [0.05, 0.1) is 37.6 Å². The molecular formula is C37H34N2O4. The van der Waals surface area contributed by atoms with Crippen molar-refractivity contribution < 1.29 is 19.0 Å². The molecule has 6 heteroatoms. The van der Waals surface area contributed by atoms with Crippen molar-refractivity contribution in [1.82, 2.24) is 4.90 Å². The highest BCUT2D eigenvalue weighted by Gasteiger charge is 2.32. The lowest BCUT2D eigenvalue weighted by Crippen LogP contribution is -2.35. The van der Waals surface area contributed by atoms with Crippen molar-refractivity contribution in [3.8, 4) is 28.4 Å². The highest BCUT2D eigenvalue weighted by atomic mass is 16.5. The van der Waals surface area contributed by atoms with Gasteiger partial charge in [0.15, 0.2) is 11.5 Å². The highest BCUT2D eigenvalue weighted by Crippen LogP contribution is 2.38. The summed E-state index contributed by atoms with van der Waals surface area (Å²) in [5, 5.41) is 5.03. The van der Waals surface area contributed by atoms with Crippen LogP contribution in [0.25, 0.3) is 32.7 Å². The van der Waals surface area contributed by atoms with E-state index in [4.69, 9.17) is 14.2 Å². The zero-order valence-corrected chi connectivity index (χ0v) is 24.3. The number of rotatable bonds is 9. The maximum Gasteiger partial charge on any atom is 0.256 e. The molecule has 0 radical (unpaired) electrons. The van der Waals surface area contributed by atoms with Crippen LogP contribution in [-0.4, -0.2) is 49.9 Å². The molecule has 43 heavy (non-hydrogen) atoms. The van der Waals surface area contributed by atoms with Crippen LogP contribution in [0.4, 0.5) is 5.69 Å². The summed E-state index contributed by atoms with van der Waals surface area (Å²) in [6, 6.07) is 31.4. The molecule has 1 fully saturated rings. The Hall–Kier alpha value is -4.84. The molecule has 0 N–H and O–H groups in total. The van der Waals surface area contributed by atoms with E-state index in [0.717, 1.165) is 38.0 Å². The lowest BCUT2D eigenvalue weighted by Gasteiger charge is -2.20. The summed E-state index contributed by atoms with van der Waals surface area (Å²) in [6.45, 7) is 1.88. The zero-order valence-electron chi connectivity index (χ0n) is 24.3. The molecule has 0 unspecified atom stereocenters. The third-order valence-corrected chi connectivity index (χ3v) is 8.46. The van der Waals surface area contributed by atoms with Crippen molar-refractivity contribution >= 4 is 39.4 Å². The maximum atomic E-state index is 13.1. The molecule has 2 heterocycles. The van der Waals surface area contributed by atoms with Gasteiger partial charge in [-0.15, -0.1) is 0 Å². The molecule has 1 atom stereocenters. The normalized spacial score (nSPS) is 15.8. The fraction of sp³-hybridized carbons (Fsp3) is 0.243. The minimum absolute atomic E-state index is 0.00986. The molecule has 5 aromatic carbocycles. The van der Waals surface area contributed by atoms with Crippen LogP contribution in [0.5, 0.6) is 17.2 Å². The van der Waals surface area contributed by atoms with Crippen molar-refractivity contribution in [1.29, 1.82) is 0 Å². The quantitative estimate of drug-likeness (QED) is 0.132. The molecule has 216 valence electrons. The van der Waals surface area contributed by atoms with E-state index in [0.29, 0.717) is 36.0 Å². The average molecular weight is 571 g/mol. The zero-order chi connectivity index (χ0) is 29.2. The van der Waals surface area contributed by atoms with E-state index in [-0.39, 0.29) is 11.9 Å². The second-order valence-corrected chi connectivity index (χ2v) is 11.1. The first kappa shape index (κ1) is 27.0. The number of fused-ring (bicyclic) bond motifs is 5. The van der Waals surface area contributed by atoms with E-state index in [1.165, 1.54) is 32.7 Å².